The molecule has 0 amide bonds. The number of ether oxygens (including phenoxy) is 2. The average Bonchev–Trinajstić information content (AvgIpc) is 3.51. The van der Waals surface area contributed by atoms with Gasteiger partial charge in [0.15, 0.2) is 6.10 Å². The van der Waals surface area contributed by atoms with Crippen LogP contribution in [0.1, 0.15) is 53.5 Å². The Morgan fingerprint density at radius 1 is 1.27 bits per heavy atom. The SMILES string of the molecule is COC(=O)[C@@H](O)c1c(C)ccc(C2CC2)c1-c1ccc2c(c1)CCCO2. The van der Waals surface area contributed by atoms with Crippen molar-refractivity contribution in [3.8, 4) is 16.9 Å². The van der Waals surface area contributed by atoms with E-state index in [2.05, 4.69) is 12.1 Å². The Labute approximate surface area is 153 Å². The van der Waals surface area contributed by atoms with E-state index in [4.69, 9.17) is 9.47 Å². The van der Waals surface area contributed by atoms with Gasteiger partial charge < -0.3 is 14.6 Å². The summed E-state index contributed by atoms with van der Waals surface area (Å²) < 4.78 is 10.5. The number of carbonyl (C=O) groups excluding carboxylic acids is 1. The third-order valence-corrected chi connectivity index (χ3v) is 5.41. The van der Waals surface area contributed by atoms with E-state index in [1.165, 1.54) is 18.2 Å². The highest BCUT2D eigenvalue weighted by molar-refractivity contribution is 5.84. The Morgan fingerprint density at radius 2 is 2.08 bits per heavy atom. The zero-order chi connectivity index (χ0) is 18.3. The van der Waals surface area contributed by atoms with Gasteiger partial charge in [0.25, 0.3) is 0 Å². The number of aliphatic hydroxyl groups excluding tert-OH is 1. The molecule has 0 radical (unpaired) electrons. The van der Waals surface area contributed by atoms with Gasteiger partial charge in [-0.3, -0.25) is 0 Å². The molecule has 4 heteroatoms. The third kappa shape index (κ3) is 2.99. The Bertz CT molecular complexity index is 851. The Kier molecular flexibility index (Phi) is 4.45. The monoisotopic (exact) mass is 352 g/mol. The van der Waals surface area contributed by atoms with Crippen molar-refractivity contribution in [2.24, 2.45) is 0 Å². The van der Waals surface area contributed by atoms with Gasteiger partial charge >= 0.3 is 5.97 Å². The molecule has 1 aliphatic heterocycles. The number of hydrogen-bond donors (Lipinski definition) is 1. The summed E-state index contributed by atoms with van der Waals surface area (Å²) in [6, 6.07) is 10.4. The fourth-order valence-electron chi connectivity index (χ4n) is 3.90. The maximum Gasteiger partial charge on any atom is 0.339 e. The molecule has 0 unspecified atom stereocenters. The van der Waals surface area contributed by atoms with Gasteiger partial charge in [-0.15, -0.1) is 0 Å². The predicted molar refractivity (Wildman–Crippen MR) is 99.4 cm³/mol. The van der Waals surface area contributed by atoms with Crippen LogP contribution in [0.25, 0.3) is 11.1 Å². The summed E-state index contributed by atoms with van der Waals surface area (Å²) in [7, 11) is 1.31. The first-order valence-electron chi connectivity index (χ1n) is 9.25. The maximum atomic E-state index is 12.1. The molecule has 0 aromatic heterocycles. The fourth-order valence-corrected chi connectivity index (χ4v) is 3.90. The number of esters is 1. The molecule has 4 nitrogen and oxygen atoms in total. The van der Waals surface area contributed by atoms with Crippen molar-refractivity contribution in [2.75, 3.05) is 13.7 Å². The van der Waals surface area contributed by atoms with E-state index in [9.17, 15) is 9.90 Å². The van der Waals surface area contributed by atoms with Crippen molar-refractivity contribution in [1.82, 2.24) is 0 Å². The highest BCUT2D eigenvalue weighted by Crippen LogP contribution is 2.48. The number of carbonyl (C=O) groups is 1. The van der Waals surface area contributed by atoms with Gasteiger partial charge in [-0.1, -0.05) is 18.2 Å². The number of hydrogen-bond acceptors (Lipinski definition) is 4. The van der Waals surface area contributed by atoms with E-state index in [0.29, 0.717) is 11.5 Å². The van der Waals surface area contributed by atoms with Crippen molar-refractivity contribution in [2.45, 2.75) is 44.6 Å². The molecule has 2 aromatic rings. The minimum absolute atomic E-state index is 0.501. The zero-order valence-electron chi connectivity index (χ0n) is 15.2. The molecule has 1 fully saturated rings. The average molecular weight is 352 g/mol. The highest BCUT2D eigenvalue weighted by atomic mass is 16.5. The first-order chi connectivity index (χ1) is 12.6. The summed E-state index contributed by atoms with van der Waals surface area (Å²) in [6.07, 6.45) is 3.02. The van der Waals surface area contributed by atoms with E-state index in [0.717, 1.165) is 54.7 Å². The second-order valence-electron chi connectivity index (χ2n) is 7.23. The molecule has 1 N–H and O–H groups in total. The number of rotatable bonds is 4. The van der Waals surface area contributed by atoms with Crippen LogP contribution in [-0.2, 0) is 16.0 Å². The topological polar surface area (TPSA) is 55.8 Å². The van der Waals surface area contributed by atoms with Crippen molar-refractivity contribution in [1.29, 1.82) is 0 Å². The van der Waals surface area contributed by atoms with Gasteiger partial charge in [0.1, 0.15) is 5.75 Å². The lowest BCUT2D eigenvalue weighted by molar-refractivity contribution is -0.150. The van der Waals surface area contributed by atoms with E-state index in [1.807, 2.05) is 25.1 Å². The van der Waals surface area contributed by atoms with E-state index < -0.39 is 12.1 Å². The molecule has 1 atom stereocenters. The van der Waals surface area contributed by atoms with Crippen LogP contribution in [0.3, 0.4) is 0 Å². The lowest BCUT2D eigenvalue weighted by Gasteiger charge is -2.23. The first-order valence-corrected chi connectivity index (χ1v) is 9.25. The van der Waals surface area contributed by atoms with Crippen LogP contribution in [0.4, 0.5) is 0 Å². The Balaban J connectivity index is 1.91. The molecule has 0 spiro atoms. The number of fused-ring (bicyclic) bond motifs is 1. The van der Waals surface area contributed by atoms with E-state index in [-0.39, 0.29) is 0 Å². The molecule has 2 aromatic carbocycles. The molecule has 0 saturated heterocycles. The van der Waals surface area contributed by atoms with Crippen molar-refractivity contribution in [3.63, 3.8) is 0 Å². The standard InChI is InChI=1S/C22H24O4/c1-13-5-9-17(14-6-7-14)20(19(13)21(23)22(24)25-2)16-8-10-18-15(12-16)4-3-11-26-18/h5,8-10,12,14,21,23H,3-4,6-7,11H2,1-2H3/t21-/m0/s1. The molecular weight excluding hydrogens is 328 g/mol. The van der Waals surface area contributed by atoms with Gasteiger partial charge in [0.2, 0.25) is 0 Å². The molecule has 2 aliphatic rings. The molecule has 136 valence electrons. The van der Waals surface area contributed by atoms with Crippen molar-refractivity contribution >= 4 is 5.97 Å². The predicted octanol–water partition coefficient (Wildman–Crippen LogP) is 4.07. The second-order valence-corrected chi connectivity index (χ2v) is 7.23. The van der Waals surface area contributed by atoms with Crippen LogP contribution >= 0.6 is 0 Å². The van der Waals surface area contributed by atoms with Crippen LogP contribution in [0.2, 0.25) is 0 Å². The van der Waals surface area contributed by atoms with E-state index in [1.54, 1.807) is 0 Å². The van der Waals surface area contributed by atoms with Crippen molar-refractivity contribution < 1.29 is 19.4 Å². The summed E-state index contributed by atoms with van der Waals surface area (Å²) in [5.74, 6) is 0.820. The quantitative estimate of drug-likeness (QED) is 0.843. The summed E-state index contributed by atoms with van der Waals surface area (Å²) in [6.45, 7) is 2.69. The van der Waals surface area contributed by atoms with Crippen molar-refractivity contribution in [3.05, 3.63) is 52.6 Å². The Morgan fingerprint density at radius 3 is 2.81 bits per heavy atom. The minimum Gasteiger partial charge on any atom is -0.493 e. The fraction of sp³-hybridized carbons (Fsp3) is 0.409. The number of aliphatic hydroxyl groups is 1. The first kappa shape index (κ1) is 17.1. The molecule has 26 heavy (non-hydrogen) atoms. The maximum absolute atomic E-state index is 12.1. The summed E-state index contributed by atoms with van der Waals surface area (Å²) in [5, 5.41) is 10.7. The highest BCUT2D eigenvalue weighted by Gasteiger charge is 2.32. The van der Waals surface area contributed by atoms with Gasteiger partial charge in [-0.05, 0) is 78.5 Å². The van der Waals surface area contributed by atoms with Gasteiger partial charge in [-0.25, -0.2) is 4.79 Å². The lowest BCUT2D eigenvalue weighted by atomic mass is 9.85. The molecule has 1 heterocycles. The largest absolute Gasteiger partial charge is 0.493 e. The summed E-state index contributed by atoms with van der Waals surface area (Å²) in [5.41, 5.74) is 5.99. The normalized spacial score (nSPS) is 17.2. The van der Waals surface area contributed by atoms with Gasteiger partial charge in [-0.2, -0.15) is 0 Å². The Hall–Kier alpha value is -2.33. The molecule has 1 aliphatic carbocycles. The smallest absolute Gasteiger partial charge is 0.339 e. The number of benzene rings is 2. The van der Waals surface area contributed by atoms with Gasteiger partial charge in [0, 0.05) is 5.56 Å². The molecule has 4 rings (SSSR count). The molecule has 0 bridgehead atoms. The second kappa shape index (κ2) is 6.76. The van der Waals surface area contributed by atoms with Crippen LogP contribution in [0.15, 0.2) is 30.3 Å². The lowest BCUT2D eigenvalue weighted by Crippen LogP contribution is -2.16. The van der Waals surface area contributed by atoms with Gasteiger partial charge in [0.05, 0.1) is 13.7 Å². The van der Waals surface area contributed by atoms with Crippen LogP contribution in [0.5, 0.6) is 5.75 Å². The number of aryl methyl sites for hydroxylation is 2. The minimum atomic E-state index is -1.28. The zero-order valence-corrected chi connectivity index (χ0v) is 15.2. The number of methoxy groups -OCH3 is 1. The molecular formula is C22H24O4. The van der Waals surface area contributed by atoms with Crippen LogP contribution in [-0.4, -0.2) is 24.8 Å². The van der Waals surface area contributed by atoms with Crippen LogP contribution < -0.4 is 4.74 Å². The summed E-state index contributed by atoms with van der Waals surface area (Å²) >= 11 is 0. The third-order valence-electron chi connectivity index (χ3n) is 5.41. The van der Waals surface area contributed by atoms with Crippen LogP contribution in [0, 0.1) is 6.92 Å². The summed E-state index contributed by atoms with van der Waals surface area (Å²) in [4.78, 5) is 12.1. The molecule has 1 saturated carbocycles. The van der Waals surface area contributed by atoms with E-state index >= 15 is 0 Å².